The highest BCUT2D eigenvalue weighted by Crippen LogP contribution is 2.35. The molecule has 0 aliphatic carbocycles. The van der Waals surface area contributed by atoms with Gasteiger partial charge in [-0.15, -0.1) is 0 Å². The zero-order valence-corrected chi connectivity index (χ0v) is 13.4. The molecule has 114 valence electrons. The molecule has 0 saturated carbocycles. The fourth-order valence-corrected chi connectivity index (χ4v) is 1.99. The SMILES string of the molecule is C=C/C=C(\C=C)C(C)(C)c1ccc(OF)c(C=C)c1.CC. The summed E-state index contributed by atoms with van der Waals surface area (Å²) in [5.41, 5.74) is 2.42. The van der Waals surface area contributed by atoms with Gasteiger partial charge < -0.3 is 0 Å². The van der Waals surface area contributed by atoms with Crippen molar-refractivity contribution in [2.45, 2.75) is 33.1 Å². The lowest BCUT2D eigenvalue weighted by Crippen LogP contribution is -2.19. The largest absolute Gasteiger partial charge is 0.294 e. The zero-order chi connectivity index (χ0) is 16.5. The summed E-state index contributed by atoms with van der Waals surface area (Å²) >= 11 is 0. The Morgan fingerprint density at radius 1 is 1.19 bits per heavy atom. The van der Waals surface area contributed by atoms with Crippen molar-refractivity contribution in [1.29, 1.82) is 0 Å². The van der Waals surface area contributed by atoms with Crippen molar-refractivity contribution in [3.05, 3.63) is 72.9 Å². The second kappa shape index (κ2) is 8.96. The lowest BCUT2D eigenvalue weighted by molar-refractivity contribution is -0.00648. The van der Waals surface area contributed by atoms with E-state index in [0.717, 1.165) is 11.1 Å². The van der Waals surface area contributed by atoms with E-state index in [1.165, 1.54) is 0 Å². The Kier molecular flexibility index (Phi) is 8.07. The van der Waals surface area contributed by atoms with Crippen LogP contribution in [0, 0.1) is 0 Å². The van der Waals surface area contributed by atoms with Crippen LogP contribution in [-0.4, -0.2) is 0 Å². The Bertz CT molecular complexity index is 524. The summed E-state index contributed by atoms with van der Waals surface area (Å²) in [5, 5.41) is 0. The molecule has 0 saturated heterocycles. The van der Waals surface area contributed by atoms with E-state index >= 15 is 0 Å². The molecule has 1 rings (SSSR count). The van der Waals surface area contributed by atoms with Gasteiger partial charge in [-0.1, -0.05) is 77.8 Å². The lowest BCUT2D eigenvalue weighted by atomic mass is 9.77. The van der Waals surface area contributed by atoms with Crippen molar-refractivity contribution in [2.75, 3.05) is 0 Å². The maximum Gasteiger partial charge on any atom is 0.179 e. The maximum absolute atomic E-state index is 12.4. The molecule has 2 heteroatoms. The van der Waals surface area contributed by atoms with Gasteiger partial charge in [0.1, 0.15) is 0 Å². The van der Waals surface area contributed by atoms with E-state index in [1.807, 2.05) is 32.1 Å². The maximum atomic E-state index is 12.4. The van der Waals surface area contributed by atoms with Crippen molar-refractivity contribution in [3.63, 3.8) is 0 Å². The average molecular weight is 288 g/mol. The molecule has 0 aliphatic heterocycles. The molecule has 1 nitrogen and oxygen atoms in total. The van der Waals surface area contributed by atoms with Crippen LogP contribution in [0.1, 0.15) is 38.8 Å². The van der Waals surface area contributed by atoms with Crippen LogP contribution in [0.15, 0.2) is 61.7 Å². The molecule has 21 heavy (non-hydrogen) atoms. The molecular formula is C19H25FO. The van der Waals surface area contributed by atoms with Crippen LogP contribution >= 0.6 is 0 Å². The molecule has 0 spiro atoms. The molecule has 0 fully saturated rings. The average Bonchev–Trinajstić information content (AvgIpc) is 2.53. The smallest absolute Gasteiger partial charge is 0.179 e. The number of allylic oxidation sites excluding steroid dienone is 4. The third-order valence-electron chi connectivity index (χ3n) is 3.27. The van der Waals surface area contributed by atoms with Crippen LogP contribution in [0.25, 0.3) is 6.08 Å². The number of hydrogen-bond donors (Lipinski definition) is 0. The first-order valence-corrected chi connectivity index (χ1v) is 7.02. The second-order valence-corrected chi connectivity index (χ2v) is 4.72. The number of benzene rings is 1. The molecule has 0 radical (unpaired) electrons. The van der Waals surface area contributed by atoms with Crippen LogP contribution in [0.3, 0.4) is 0 Å². The van der Waals surface area contributed by atoms with Crippen LogP contribution in [0.5, 0.6) is 5.75 Å². The molecular weight excluding hydrogens is 263 g/mol. The molecule has 0 amide bonds. The summed E-state index contributed by atoms with van der Waals surface area (Å²) in [6.07, 6.45) is 7.01. The van der Waals surface area contributed by atoms with E-state index in [4.69, 9.17) is 0 Å². The fourth-order valence-electron chi connectivity index (χ4n) is 1.99. The van der Waals surface area contributed by atoms with Crippen molar-refractivity contribution in [2.24, 2.45) is 0 Å². The highest BCUT2D eigenvalue weighted by Gasteiger charge is 2.24. The van der Waals surface area contributed by atoms with Crippen molar-refractivity contribution < 1.29 is 9.47 Å². The zero-order valence-electron chi connectivity index (χ0n) is 13.4. The minimum atomic E-state index is -0.261. The van der Waals surface area contributed by atoms with E-state index < -0.39 is 0 Å². The molecule has 0 unspecified atom stereocenters. The predicted molar refractivity (Wildman–Crippen MR) is 91.1 cm³/mol. The van der Waals surface area contributed by atoms with Gasteiger partial charge in [0.05, 0.1) is 0 Å². The van der Waals surface area contributed by atoms with Gasteiger partial charge in [-0.25, -0.2) is 0 Å². The van der Waals surface area contributed by atoms with Gasteiger partial charge in [0, 0.05) is 15.5 Å². The summed E-state index contributed by atoms with van der Waals surface area (Å²) < 4.78 is 12.4. The van der Waals surface area contributed by atoms with Crippen LogP contribution < -0.4 is 4.94 Å². The van der Waals surface area contributed by atoms with E-state index in [0.29, 0.717) is 5.56 Å². The summed E-state index contributed by atoms with van der Waals surface area (Å²) in [4.78, 5) is 3.82. The molecule has 0 aliphatic rings. The van der Waals surface area contributed by atoms with Crippen LogP contribution in [0.2, 0.25) is 0 Å². The van der Waals surface area contributed by atoms with Crippen molar-refractivity contribution in [1.82, 2.24) is 0 Å². The third kappa shape index (κ3) is 4.45. The fraction of sp³-hybridized carbons (Fsp3) is 0.263. The number of hydrogen-bond acceptors (Lipinski definition) is 1. The first kappa shape index (κ1) is 18.9. The minimum Gasteiger partial charge on any atom is -0.294 e. The summed E-state index contributed by atoms with van der Waals surface area (Å²) in [6.45, 7) is 19.3. The first-order chi connectivity index (χ1) is 10.0. The predicted octanol–water partition coefficient (Wildman–Crippen LogP) is 6.20. The Morgan fingerprint density at radius 2 is 1.81 bits per heavy atom. The first-order valence-electron chi connectivity index (χ1n) is 7.02. The molecule has 1 aromatic carbocycles. The summed E-state index contributed by atoms with van der Waals surface area (Å²) in [6, 6.07) is 5.30. The number of rotatable bonds is 6. The summed E-state index contributed by atoms with van der Waals surface area (Å²) in [5.74, 6) is 0.169. The van der Waals surface area contributed by atoms with Gasteiger partial charge in [-0.05, 0) is 23.3 Å². The Labute approximate surface area is 128 Å². The Balaban J connectivity index is 0.00000191. The minimum absolute atomic E-state index is 0.169. The quantitative estimate of drug-likeness (QED) is 0.567. The Morgan fingerprint density at radius 3 is 2.24 bits per heavy atom. The number of halogens is 1. The summed E-state index contributed by atoms with van der Waals surface area (Å²) in [7, 11) is 0. The van der Waals surface area contributed by atoms with Gasteiger partial charge in [0.15, 0.2) is 5.75 Å². The van der Waals surface area contributed by atoms with Gasteiger partial charge in [-0.3, -0.25) is 4.94 Å². The monoisotopic (exact) mass is 288 g/mol. The highest BCUT2D eigenvalue weighted by atomic mass is 19.3. The standard InChI is InChI=1S/C17H19FO.C2H6/c1-6-9-14(8-3)17(4,5)15-10-11-16(19-18)13(7-2)12-15;1-2/h6-12H,1-3H2,4-5H3;1-2H3/b14-9+;. The van der Waals surface area contributed by atoms with Crippen molar-refractivity contribution in [3.8, 4) is 5.75 Å². The topological polar surface area (TPSA) is 9.23 Å². The van der Waals surface area contributed by atoms with Crippen LogP contribution in [-0.2, 0) is 5.41 Å². The van der Waals surface area contributed by atoms with E-state index in [9.17, 15) is 4.53 Å². The second-order valence-electron chi connectivity index (χ2n) is 4.72. The molecule has 0 bridgehead atoms. The van der Waals surface area contributed by atoms with Gasteiger partial charge in [0.2, 0.25) is 0 Å². The highest BCUT2D eigenvalue weighted by molar-refractivity contribution is 5.58. The molecule has 0 aromatic heterocycles. The van der Waals surface area contributed by atoms with Gasteiger partial charge >= 0.3 is 0 Å². The lowest BCUT2D eigenvalue weighted by Gasteiger charge is -2.27. The van der Waals surface area contributed by atoms with E-state index in [2.05, 4.69) is 38.5 Å². The normalized spacial score (nSPS) is 11.0. The van der Waals surface area contributed by atoms with E-state index in [-0.39, 0.29) is 11.2 Å². The van der Waals surface area contributed by atoms with E-state index in [1.54, 1.807) is 24.3 Å². The molecule has 1 aromatic rings. The molecule has 0 N–H and O–H groups in total. The third-order valence-corrected chi connectivity index (χ3v) is 3.27. The Hall–Kier alpha value is -2.09. The molecule has 0 atom stereocenters. The molecule has 0 heterocycles. The van der Waals surface area contributed by atoms with Crippen molar-refractivity contribution >= 4 is 6.08 Å². The van der Waals surface area contributed by atoms with Gasteiger partial charge in [0.25, 0.3) is 0 Å². The van der Waals surface area contributed by atoms with Gasteiger partial charge in [-0.2, -0.15) is 0 Å². The van der Waals surface area contributed by atoms with Crippen LogP contribution in [0.4, 0.5) is 4.53 Å².